The minimum absolute atomic E-state index is 0.302. The van der Waals surface area contributed by atoms with E-state index in [4.69, 9.17) is 46.4 Å². The molecule has 2 rings (SSSR count). The van der Waals surface area contributed by atoms with Crippen LogP contribution in [0.15, 0.2) is 42.5 Å². The van der Waals surface area contributed by atoms with E-state index >= 15 is 0 Å². The third-order valence-corrected chi connectivity index (χ3v) is 3.89. The van der Waals surface area contributed by atoms with Crippen molar-refractivity contribution in [1.29, 1.82) is 0 Å². The van der Waals surface area contributed by atoms with E-state index in [0.717, 1.165) is 0 Å². The van der Waals surface area contributed by atoms with Gasteiger partial charge in [0.2, 0.25) is 0 Å². The molecular weight excluding hydrogens is 338 g/mol. The van der Waals surface area contributed by atoms with E-state index in [1.807, 2.05) is 0 Å². The van der Waals surface area contributed by atoms with Crippen LogP contribution in [0, 0.1) is 0 Å². The highest BCUT2D eigenvalue weighted by atomic mass is 35.5. The average molecular weight is 346 g/mol. The van der Waals surface area contributed by atoms with Gasteiger partial charge >= 0.3 is 0 Å². The fraction of sp³-hybridized carbons (Fsp3) is 0. The van der Waals surface area contributed by atoms with Crippen molar-refractivity contribution in [3.05, 3.63) is 68.7 Å². The number of rotatable bonds is 3. The second-order valence-corrected chi connectivity index (χ2v) is 5.63. The zero-order valence-electron chi connectivity index (χ0n) is 10.0. The summed E-state index contributed by atoms with van der Waals surface area (Å²) in [5, 5.41) is 1.76. The van der Waals surface area contributed by atoms with E-state index in [0.29, 0.717) is 43.1 Å². The van der Waals surface area contributed by atoms with Crippen LogP contribution in [0.3, 0.4) is 0 Å². The van der Waals surface area contributed by atoms with Crippen molar-refractivity contribution in [3.63, 3.8) is 0 Å². The van der Waals surface area contributed by atoms with Crippen LogP contribution in [-0.2, 0) is 4.79 Å². The van der Waals surface area contributed by atoms with Gasteiger partial charge in [-0.1, -0.05) is 64.6 Å². The standard InChI is InChI=1S/C15H8Cl4O/c16-10-3-1-9(2-4-10)15(19)13(8-20)12-6-5-11(17)7-14(12)18/h1-8H. The van der Waals surface area contributed by atoms with Gasteiger partial charge in [-0.2, -0.15) is 0 Å². The molecule has 0 saturated heterocycles. The van der Waals surface area contributed by atoms with Crippen LogP contribution in [0.2, 0.25) is 15.1 Å². The van der Waals surface area contributed by atoms with Crippen molar-refractivity contribution in [2.45, 2.75) is 0 Å². The van der Waals surface area contributed by atoms with E-state index in [-0.39, 0.29) is 0 Å². The Morgan fingerprint density at radius 3 is 2.05 bits per heavy atom. The molecule has 5 heteroatoms. The Morgan fingerprint density at radius 2 is 1.50 bits per heavy atom. The van der Waals surface area contributed by atoms with Crippen molar-refractivity contribution in [3.8, 4) is 0 Å². The quantitative estimate of drug-likeness (QED) is 0.381. The monoisotopic (exact) mass is 344 g/mol. The van der Waals surface area contributed by atoms with E-state index in [1.165, 1.54) is 0 Å². The Balaban J connectivity index is 2.57. The Bertz CT molecular complexity index is 675. The summed E-state index contributed by atoms with van der Waals surface area (Å²) in [6.45, 7) is 0. The van der Waals surface area contributed by atoms with Gasteiger partial charge in [0.25, 0.3) is 0 Å². The predicted molar refractivity (Wildman–Crippen MR) is 86.6 cm³/mol. The summed E-state index contributed by atoms with van der Waals surface area (Å²) in [7, 11) is 0. The number of halogens is 4. The molecule has 0 spiro atoms. The van der Waals surface area contributed by atoms with E-state index in [1.54, 1.807) is 42.5 Å². The second-order valence-electron chi connectivity index (χ2n) is 3.98. The van der Waals surface area contributed by atoms with Crippen molar-refractivity contribution >= 4 is 63.3 Å². The SMILES string of the molecule is O=CC(=C(Cl)c1ccc(Cl)cc1)c1ccc(Cl)cc1Cl. The minimum Gasteiger partial charge on any atom is -0.298 e. The molecule has 0 aliphatic rings. The zero-order chi connectivity index (χ0) is 14.7. The first-order valence-corrected chi connectivity index (χ1v) is 7.10. The Kier molecular flexibility index (Phi) is 5.11. The van der Waals surface area contributed by atoms with Crippen LogP contribution in [0.5, 0.6) is 0 Å². The topological polar surface area (TPSA) is 17.1 Å². The van der Waals surface area contributed by atoms with Crippen LogP contribution >= 0.6 is 46.4 Å². The van der Waals surface area contributed by atoms with Crippen molar-refractivity contribution < 1.29 is 4.79 Å². The van der Waals surface area contributed by atoms with Crippen LogP contribution in [0.4, 0.5) is 0 Å². The molecule has 1 nitrogen and oxygen atoms in total. The predicted octanol–water partition coefficient (Wildman–Crippen LogP) is 5.95. The highest BCUT2D eigenvalue weighted by Gasteiger charge is 2.12. The maximum Gasteiger partial charge on any atom is 0.152 e. The van der Waals surface area contributed by atoms with Gasteiger partial charge in [0.15, 0.2) is 6.29 Å². The van der Waals surface area contributed by atoms with Crippen LogP contribution in [-0.4, -0.2) is 6.29 Å². The first-order valence-electron chi connectivity index (χ1n) is 5.59. The summed E-state index contributed by atoms with van der Waals surface area (Å²) in [6.07, 6.45) is 0.673. The lowest BCUT2D eigenvalue weighted by Crippen LogP contribution is -1.91. The van der Waals surface area contributed by atoms with Gasteiger partial charge in [-0.3, -0.25) is 4.79 Å². The molecule has 0 unspecified atom stereocenters. The number of carbonyl (C=O) groups is 1. The minimum atomic E-state index is 0.302. The van der Waals surface area contributed by atoms with Crippen molar-refractivity contribution in [1.82, 2.24) is 0 Å². The lowest BCUT2D eigenvalue weighted by molar-refractivity contribution is -0.103. The van der Waals surface area contributed by atoms with Gasteiger partial charge in [0.05, 0.1) is 10.1 Å². The molecule has 0 bridgehead atoms. The first-order chi connectivity index (χ1) is 9.52. The van der Waals surface area contributed by atoms with Gasteiger partial charge in [0, 0.05) is 21.2 Å². The van der Waals surface area contributed by atoms with E-state index < -0.39 is 0 Å². The maximum atomic E-state index is 11.4. The Labute approximate surface area is 136 Å². The van der Waals surface area contributed by atoms with Gasteiger partial charge in [-0.15, -0.1) is 0 Å². The maximum absolute atomic E-state index is 11.4. The number of aldehydes is 1. The molecule has 2 aromatic carbocycles. The highest BCUT2D eigenvalue weighted by Crippen LogP contribution is 2.33. The molecule has 0 heterocycles. The molecular formula is C15H8Cl4O. The highest BCUT2D eigenvalue weighted by molar-refractivity contribution is 6.56. The summed E-state index contributed by atoms with van der Waals surface area (Å²) in [4.78, 5) is 11.4. The normalized spacial score (nSPS) is 12.0. The third kappa shape index (κ3) is 3.36. The summed E-state index contributed by atoms with van der Waals surface area (Å²) < 4.78 is 0. The molecule has 0 saturated carbocycles. The molecule has 20 heavy (non-hydrogen) atoms. The van der Waals surface area contributed by atoms with E-state index in [2.05, 4.69) is 0 Å². The van der Waals surface area contributed by atoms with Crippen LogP contribution < -0.4 is 0 Å². The first kappa shape index (κ1) is 15.4. The number of hydrogen-bond acceptors (Lipinski definition) is 1. The molecule has 102 valence electrons. The fourth-order valence-corrected chi connectivity index (χ4v) is 2.60. The molecule has 2 aromatic rings. The number of carbonyl (C=O) groups excluding carboxylic acids is 1. The largest absolute Gasteiger partial charge is 0.298 e. The van der Waals surface area contributed by atoms with Gasteiger partial charge in [0.1, 0.15) is 0 Å². The Morgan fingerprint density at radius 1 is 0.900 bits per heavy atom. The van der Waals surface area contributed by atoms with Crippen molar-refractivity contribution in [2.24, 2.45) is 0 Å². The van der Waals surface area contributed by atoms with Gasteiger partial charge in [-0.05, 0) is 29.8 Å². The van der Waals surface area contributed by atoms with Gasteiger partial charge < -0.3 is 0 Å². The molecule has 0 amide bonds. The van der Waals surface area contributed by atoms with Gasteiger partial charge in [-0.25, -0.2) is 0 Å². The molecule has 0 aliphatic carbocycles. The average Bonchev–Trinajstić information content (AvgIpc) is 2.42. The molecule has 0 aromatic heterocycles. The molecule has 0 N–H and O–H groups in total. The molecule has 0 fully saturated rings. The lowest BCUT2D eigenvalue weighted by Gasteiger charge is -2.08. The number of hydrogen-bond donors (Lipinski definition) is 0. The van der Waals surface area contributed by atoms with Crippen molar-refractivity contribution in [2.75, 3.05) is 0 Å². The number of benzene rings is 2. The Hall–Kier alpha value is -0.990. The summed E-state index contributed by atoms with van der Waals surface area (Å²) >= 11 is 24.1. The number of allylic oxidation sites excluding steroid dienone is 1. The summed E-state index contributed by atoms with van der Waals surface area (Å²) in [5.41, 5.74) is 1.52. The fourth-order valence-electron chi connectivity index (χ4n) is 1.69. The molecule has 0 radical (unpaired) electrons. The third-order valence-electron chi connectivity index (χ3n) is 2.67. The van der Waals surface area contributed by atoms with E-state index in [9.17, 15) is 4.79 Å². The van der Waals surface area contributed by atoms with Crippen LogP contribution in [0.1, 0.15) is 11.1 Å². The summed E-state index contributed by atoms with van der Waals surface area (Å²) in [5.74, 6) is 0. The lowest BCUT2D eigenvalue weighted by atomic mass is 10.0. The van der Waals surface area contributed by atoms with Crippen LogP contribution in [0.25, 0.3) is 10.6 Å². The molecule has 0 atom stereocenters. The smallest absolute Gasteiger partial charge is 0.152 e. The summed E-state index contributed by atoms with van der Waals surface area (Å²) in [6, 6.07) is 11.7. The second kappa shape index (κ2) is 6.64. The molecule has 0 aliphatic heterocycles. The zero-order valence-corrected chi connectivity index (χ0v) is 13.1.